The Kier molecular flexibility index (Phi) is 31.0. The fraction of sp³-hybridized carbons (Fsp3) is 1.00. The summed E-state index contributed by atoms with van der Waals surface area (Å²) in [5.74, 6) is 0. The molecule has 0 N–H and O–H groups in total. The molecule has 0 fully saturated rings. The maximum absolute atomic E-state index is 2.31. The molecule has 0 aliphatic carbocycles. The normalized spacial score (nSPS) is 10.3. The average molecular weight is 427 g/mol. The van der Waals surface area contributed by atoms with Gasteiger partial charge in [0, 0.05) is 20.4 Å². The standard InChI is InChI=1S/2C9H21P.Pd/c2*1-4-7-10(8-5-2)9-6-3;/h2*4-9H2,1-3H3;. The molecule has 0 saturated carbocycles. The van der Waals surface area contributed by atoms with Gasteiger partial charge in [-0.1, -0.05) is 80.1 Å². The van der Waals surface area contributed by atoms with Crippen molar-refractivity contribution >= 4 is 15.8 Å². The average Bonchev–Trinajstić information content (AvgIpc) is 2.41. The van der Waals surface area contributed by atoms with E-state index in [4.69, 9.17) is 0 Å². The topological polar surface area (TPSA) is 0 Å². The molecule has 0 aliphatic heterocycles. The quantitative estimate of drug-likeness (QED) is 0.225. The van der Waals surface area contributed by atoms with E-state index in [1.165, 1.54) is 75.5 Å². The van der Waals surface area contributed by atoms with E-state index in [0.29, 0.717) is 15.8 Å². The van der Waals surface area contributed by atoms with Crippen molar-refractivity contribution in [1.29, 1.82) is 0 Å². The molecule has 0 amide bonds. The monoisotopic (exact) mass is 426 g/mol. The Morgan fingerprint density at radius 3 is 0.619 bits per heavy atom. The van der Waals surface area contributed by atoms with Crippen molar-refractivity contribution in [2.45, 2.75) is 80.1 Å². The minimum absolute atomic E-state index is 0. The molecule has 0 unspecified atom stereocenters. The molecule has 0 nitrogen and oxygen atoms in total. The maximum atomic E-state index is 2.31. The molecule has 0 spiro atoms. The molecule has 0 bridgehead atoms. The third kappa shape index (κ3) is 21.5. The molecule has 0 atom stereocenters. The maximum Gasteiger partial charge on any atom is 0 e. The van der Waals surface area contributed by atoms with E-state index in [2.05, 4.69) is 41.5 Å². The van der Waals surface area contributed by atoms with Gasteiger partial charge >= 0.3 is 0 Å². The van der Waals surface area contributed by atoms with Gasteiger partial charge in [-0.25, -0.2) is 0 Å². The minimum Gasteiger partial charge on any atom is -0.107 e. The summed E-state index contributed by atoms with van der Waals surface area (Å²) in [6, 6.07) is 0. The molecular weight excluding hydrogens is 385 g/mol. The van der Waals surface area contributed by atoms with Gasteiger partial charge in [0.15, 0.2) is 0 Å². The van der Waals surface area contributed by atoms with Gasteiger partial charge in [-0.2, -0.15) is 0 Å². The fourth-order valence-electron chi connectivity index (χ4n) is 2.57. The summed E-state index contributed by atoms with van der Waals surface area (Å²) in [5, 5.41) is 0. The second kappa shape index (κ2) is 23.8. The minimum atomic E-state index is 0. The van der Waals surface area contributed by atoms with Crippen LogP contribution in [-0.4, -0.2) is 37.0 Å². The van der Waals surface area contributed by atoms with Crippen molar-refractivity contribution in [2.75, 3.05) is 37.0 Å². The van der Waals surface area contributed by atoms with Crippen molar-refractivity contribution in [3.63, 3.8) is 0 Å². The Morgan fingerprint density at radius 2 is 0.524 bits per heavy atom. The largest absolute Gasteiger partial charge is 0.107 e. The summed E-state index contributed by atoms with van der Waals surface area (Å²) in [6.45, 7) is 13.8. The third-order valence-electron chi connectivity index (χ3n) is 3.24. The first-order valence-corrected chi connectivity index (χ1v) is 12.9. The van der Waals surface area contributed by atoms with Gasteiger partial charge in [-0.15, -0.1) is 15.8 Å². The van der Waals surface area contributed by atoms with Gasteiger partial charge in [0.05, 0.1) is 0 Å². The third-order valence-corrected chi connectivity index (χ3v) is 9.72. The Morgan fingerprint density at radius 1 is 0.381 bits per heavy atom. The molecule has 0 rings (SSSR count). The SMILES string of the molecule is CCCP(CCC)CCC.CCCP(CCC)CCC.[Pd]. The Bertz CT molecular complexity index is 119. The molecule has 134 valence electrons. The van der Waals surface area contributed by atoms with E-state index in [9.17, 15) is 0 Å². The van der Waals surface area contributed by atoms with Crippen LogP contribution in [0.15, 0.2) is 0 Å². The van der Waals surface area contributed by atoms with Crippen LogP contribution in [0.3, 0.4) is 0 Å². The van der Waals surface area contributed by atoms with Crippen LogP contribution >= 0.6 is 15.8 Å². The van der Waals surface area contributed by atoms with Crippen LogP contribution in [0.25, 0.3) is 0 Å². The second-order valence-corrected chi connectivity index (χ2v) is 11.0. The predicted octanol–water partition coefficient (Wildman–Crippen LogP) is 7.39. The van der Waals surface area contributed by atoms with Gasteiger partial charge in [-0.3, -0.25) is 0 Å². The molecule has 0 radical (unpaired) electrons. The number of hydrogen-bond acceptors (Lipinski definition) is 0. The van der Waals surface area contributed by atoms with Crippen LogP contribution in [-0.2, 0) is 20.4 Å². The number of rotatable bonds is 12. The Balaban J connectivity index is -0.000000295. The fourth-order valence-corrected chi connectivity index (χ4v) is 7.70. The molecule has 21 heavy (non-hydrogen) atoms. The van der Waals surface area contributed by atoms with Crippen LogP contribution in [0.1, 0.15) is 80.1 Å². The van der Waals surface area contributed by atoms with Crippen molar-refractivity contribution in [3.05, 3.63) is 0 Å². The molecule has 0 aromatic rings. The number of hydrogen-bond donors (Lipinski definition) is 0. The van der Waals surface area contributed by atoms with Crippen LogP contribution in [0.4, 0.5) is 0 Å². The zero-order valence-electron chi connectivity index (χ0n) is 15.7. The summed E-state index contributed by atoms with van der Waals surface area (Å²) in [6.07, 6.45) is 17.4. The smallest absolute Gasteiger partial charge is 0 e. The summed E-state index contributed by atoms with van der Waals surface area (Å²) < 4.78 is 0. The summed E-state index contributed by atoms with van der Waals surface area (Å²) >= 11 is 0. The second-order valence-electron chi connectivity index (χ2n) is 5.68. The molecule has 0 aromatic heterocycles. The van der Waals surface area contributed by atoms with Gasteiger partial charge in [0.1, 0.15) is 0 Å². The zero-order valence-corrected chi connectivity index (χ0v) is 19.0. The zero-order chi connectivity index (χ0) is 15.6. The van der Waals surface area contributed by atoms with Crippen molar-refractivity contribution < 1.29 is 20.4 Å². The predicted molar refractivity (Wildman–Crippen MR) is 105 cm³/mol. The van der Waals surface area contributed by atoms with Crippen LogP contribution in [0.5, 0.6) is 0 Å². The first kappa shape index (κ1) is 27.4. The Labute approximate surface area is 153 Å². The molecule has 0 aromatic carbocycles. The van der Waals surface area contributed by atoms with E-state index in [1.54, 1.807) is 0 Å². The first-order chi connectivity index (χ1) is 9.69. The van der Waals surface area contributed by atoms with E-state index in [-0.39, 0.29) is 20.4 Å². The van der Waals surface area contributed by atoms with E-state index >= 15 is 0 Å². The van der Waals surface area contributed by atoms with Crippen molar-refractivity contribution in [3.8, 4) is 0 Å². The summed E-state index contributed by atoms with van der Waals surface area (Å²) in [4.78, 5) is 0. The van der Waals surface area contributed by atoms with E-state index in [0.717, 1.165) is 0 Å². The van der Waals surface area contributed by atoms with Crippen molar-refractivity contribution in [2.24, 2.45) is 0 Å². The van der Waals surface area contributed by atoms with Crippen LogP contribution < -0.4 is 0 Å². The van der Waals surface area contributed by atoms with Gasteiger partial charge in [-0.05, 0) is 37.0 Å². The first-order valence-electron chi connectivity index (χ1n) is 9.14. The molecular formula is C18H42P2Pd. The van der Waals surface area contributed by atoms with Gasteiger partial charge in [0.25, 0.3) is 0 Å². The molecule has 3 heteroatoms. The van der Waals surface area contributed by atoms with Crippen LogP contribution in [0, 0.1) is 0 Å². The summed E-state index contributed by atoms with van der Waals surface area (Å²) in [5.41, 5.74) is 0. The molecule has 0 heterocycles. The molecule has 0 aliphatic rings. The van der Waals surface area contributed by atoms with Gasteiger partial charge < -0.3 is 0 Å². The van der Waals surface area contributed by atoms with E-state index in [1.807, 2.05) is 0 Å². The van der Waals surface area contributed by atoms with Crippen molar-refractivity contribution in [1.82, 2.24) is 0 Å². The summed E-state index contributed by atoms with van der Waals surface area (Å²) in [7, 11) is 0.878. The van der Waals surface area contributed by atoms with E-state index < -0.39 is 0 Å². The van der Waals surface area contributed by atoms with Gasteiger partial charge in [0.2, 0.25) is 0 Å². The molecule has 0 saturated heterocycles. The van der Waals surface area contributed by atoms with Crippen LogP contribution in [0.2, 0.25) is 0 Å². The Hall–Kier alpha value is 1.52.